The predicted molar refractivity (Wildman–Crippen MR) is 88.8 cm³/mol. The molecule has 1 atom stereocenters. The lowest BCUT2D eigenvalue weighted by molar-refractivity contribution is -0.136. The maximum atomic E-state index is 11.9. The molecule has 2 aromatic rings. The molecule has 0 aliphatic heterocycles. The minimum atomic E-state index is -1.25. The number of nitrogens with one attached hydrogen (secondary N) is 2. The third-order valence-corrected chi connectivity index (χ3v) is 3.47. The van der Waals surface area contributed by atoms with Crippen LogP contribution in [0.4, 0.5) is 5.69 Å². The molecule has 2 aromatic carbocycles. The normalized spacial score (nSPS) is 13.0. The molecule has 1 unspecified atom stereocenters. The van der Waals surface area contributed by atoms with Gasteiger partial charge in [0.05, 0.1) is 6.54 Å². The summed E-state index contributed by atoms with van der Waals surface area (Å²) in [4.78, 5) is 23.7. The molecule has 0 saturated carbocycles. The van der Waals surface area contributed by atoms with Crippen molar-refractivity contribution in [2.75, 3.05) is 11.9 Å². The van der Waals surface area contributed by atoms with Crippen LogP contribution in [0.5, 0.6) is 0 Å². The van der Waals surface area contributed by atoms with E-state index in [1.165, 1.54) is 0 Å². The highest BCUT2D eigenvalue weighted by Crippen LogP contribution is 2.18. The van der Waals surface area contributed by atoms with E-state index in [0.717, 1.165) is 5.56 Å². The summed E-state index contributed by atoms with van der Waals surface area (Å²) in [7, 11) is 0. The molecule has 0 spiro atoms. The fraction of sp³-hybridized carbons (Fsp3) is 0.222. The second-order valence-corrected chi connectivity index (χ2v) is 5.65. The molecule has 0 fully saturated rings. The highest BCUT2D eigenvalue weighted by atomic mass is 16.3. The first-order valence-electron chi connectivity index (χ1n) is 7.32. The molecule has 5 heteroatoms. The Morgan fingerprint density at radius 1 is 1.04 bits per heavy atom. The van der Waals surface area contributed by atoms with Crippen molar-refractivity contribution in [1.82, 2.24) is 5.32 Å². The monoisotopic (exact) mass is 312 g/mol. The van der Waals surface area contributed by atoms with Gasteiger partial charge in [0.25, 0.3) is 0 Å². The van der Waals surface area contributed by atoms with Crippen molar-refractivity contribution in [3.8, 4) is 0 Å². The van der Waals surface area contributed by atoms with Crippen molar-refractivity contribution in [2.24, 2.45) is 0 Å². The minimum absolute atomic E-state index is 0.0584. The Hall–Kier alpha value is -2.66. The van der Waals surface area contributed by atoms with Crippen LogP contribution in [0.2, 0.25) is 0 Å². The number of amides is 2. The van der Waals surface area contributed by atoms with Crippen LogP contribution in [0.3, 0.4) is 0 Å². The molecule has 0 heterocycles. The van der Waals surface area contributed by atoms with E-state index in [1.54, 1.807) is 49.4 Å². The molecule has 0 saturated heterocycles. The van der Waals surface area contributed by atoms with E-state index in [0.29, 0.717) is 11.3 Å². The molecular formula is C18H20N2O3. The summed E-state index contributed by atoms with van der Waals surface area (Å²) in [6.45, 7) is 3.42. The van der Waals surface area contributed by atoms with E-state index in [9.17, 15) is 14.7 Å². The lowest BCUT2D eigenvalue weighted by Crippen LogP contribution is -2.43. The first-order chi connectivity index (χ1) is 10.9. The number of hydrogen-bond acceptors (Lipinski definition) is 3. The Morgan fingerprint density at radius 2 is 1.74 bits per heavy atom. The van der Waals surface area contributed by atoms with Crippen molar-refractivity contribution >= 4 is 17.5 Å². The zero-order valence-corrected chi connectivity index (χ0v) is 13.2. The molecule has 0 aliphatic rings. The largest absolute Gasteiger partial charge is 0.384 e. The second kappa shape index (κ2) is 7.07. The Balaban J connectivity index is 1.92. The maximum Gasteiger partial charge on any atom is 0.313 e. The fourth-order valence-electron chi connectivity index (χ4n) is 2.14. The SMILES string of the molecule is Cc1cccc(NC(=O)C(=O)NCC(C)(O)c2ccccc2)c1. The molecule has 2 amide bonds. The molecule has 0 aliphatic carbocycles. The first kappa shape index (κ1) is 16.7. The minimum Gasteiger partial charge on any atom is -0.384 e. The molecule has 0 bridgehead atoms. The summed E-state index contributed by atoms with van der Waals surface area (Å²) < 4.78 is 0. The van der Waals surface area contributed by atoms with Crippen molar-refractivity contribution in [3.63, 3.8) is 0 Å². The molecule has 23 heavy (non-hydrogen) atoms. The van der Waals surface area contributed by atoms with E-state index >= 15 is 0 Å². The standard InChI is InChI=1S/C18H20N2O3/c1-13-7-6-10-15(11-13)20-17(22)16(21)19-12-18(2,23)14-8-4-3-5-9-14/h3-11,23H,12H2,1-2H3,(H,19,21)(H,20,22). The smallest absolute Gasteiger partial charge is 0.313 e. The third-order valence-electron chi connectivity index (χ3n) is 3.47. The van der Waals surface area contributed by atoms with Crippen LogP contribution in [-0.4, -0.2) is 23.5 Å². The van der Waals surface area contributed by atoms with Crippen LogP contribution in [0.1, 0.15) is 18.1 Å². The summed E-state index contributed by atoms with van der Waals surface area (Å²) in [5.74, 6) is -1.55. The number of aryl methyl sites for hydroxylation is 1. The van der Waals surface area contributed by atoms with Gasteiger partial charge in [0.2, 0.25) is 0 Å². The Morgan fingerprint density at radius 3 is 2.39 bits per heavy atom. The number of carbonyl (C=O) groups is 2. The number of anilines is 1. The highest BCUT2D eigenvalue weighted by molar-refractivity contribution is 6.39. The van der Waals surface area contributed by atoms with E-state index in [1.807, 2.05) is 19.1 Å². The van der Waals surface area contributed by atoms with E-state index in [2.05, 4.69) is 10.6 Å². The Labute approximate surface area is 135 Å². The Kier molecular flexibility index (Phi) is 5.13. The maximum absolute atomic E-state index is 11.9. The van der Waals surface area contributed by atoms with Crippen LogP contribution in [0, 0.1) is 6.92 Å². The molecule has 0 radical (unpaired) electrons. The lowest BCUT2D eigenvalue weighted by Gasteiger charge is -2.24. The summed E-state index contributed by atoms with van der Waals surface area (Å²) >= 11 is 0. The zero-order chi connectivity index (χ0) is 16.9. The number of benzene rings is 2. The molecule has 5 nitrogen and oxygen atoms in total. The van der Waals surface area contributed by atoms with Crippen molar-refractivity contribution in [1.29, 1.82) is 0 Å². The van der Waals surface area contributed by atoms with Crippen molar-refractivity contribution < 1.29 is 14.7 Å². The van der Waals surface area contributed by atoms with E-state index in [-0.39, 0.29) is 6.54 Å². The van der Waals surface area contributed by atoms with E-state index < -0.39 is 17.4 Å². The molecule has 120 valence electrons. The van der Waals surface area contributed by atoms with Crippen LogP contribution in [-0.2, 0) is 15.2 Å². The second-order valence-electron chi connectivity index (χ2n) is 5.65. The first-order valence-corrected chi connectivity index (χ1v) is 7.32. The molecule has 2 rings (SSSR count). The predicted octanol–water partition coefficient (Wildman–Crippen LogP) is 1.96. The Bertz CT molecular complexity index is 696. The summed E-state index contributed by atoms with van der Waals surface area (Å²) in [6.07, 6.45) is 0. The number of rotatable bonds is 4. The third kappa shape index (κ3) is 4.66. The van der Waals surface area contributed by atoms with Crippen LogP contribution >= 0.6 is 0 Å². The number of aliphatic hydroxyl groups is 1. The van der Waals surface area contributed by atoms with Gasteiger partial charge in [-0.25, -0.2) is 0 Å². The van der Waals surface area contributed by atoms with E-state index in [4.69, 9.17) is 0 Å². The van der Waals surface area contributed by atoms with Gasteiger partial charge in [0, 0.05) is 5.69 Å². The van der Waals surface area contributed by atoms with Crippen LogP contribution in [0.25, 0.3) is 0 Å². The van der Waals surface area contributed by atoms with Crippen LogP contribution in [0.15, 0.2) is 54.6 Å². The van der Waals surface area contributed by atoms with Gasteiger partial charge >= 0.3 is 11.8 Å². The van der Waals surface area contributed by atoms with Crippen molar-refractivity contribution in [3.05, 3.63) is 65.7 Å². The summed E-state index contributed by atoms with van der Waals surface area (Å²) in [6, 6.07) is 16.1. The molecular weight excluding hydrogens is 292 g/mol. The zero-order valence-electron chi connectivity index (χ0n) is 13.2. The van der Waals surface area contributed by atoms with Gasteiger partial charge in [0.1, 0.15) is 5.60 Å². The van der Waals surface area contributed by atoms with Crippen molar-refractivity contribution in [2.45, 2.75) is 19.4 Å². The average molecular weight is 312 g/mol. The lowest BCUT2D eigenvalue weighted by atomic mass is 9.96. The highest BCUT2D eigenvalue weighted by Gasteiger charge is 2.25. The topological polar surface area (TPSA) is 78.4 Å². The quantitative estimate of drug-likeness (QED) is 0.755. The van der Waals surface area contributed by atoms with Gasteiger partial charge in [-0.1, -0.05) is 42.5 Å². The van der Waals surface area contributed by atoms with Gasteiger partial charge < -0.3 is 15.7 Å². The number of hydrogen-bond donors (Lipinski definition) is 3. The number of carbonyl (C=O) groups excluding carboxylic acids is 2. The molecule has 0 aromatic heterocycles. The van der Waals surface area contributed by atoms with Gasteiger partial charge in [-0.3, -0.25) is 9.59 Å². The van der Waals surface area contributed by atoms with Gasteiger partial charge in [-0.15, -0.1) is 0 Å². The summed E-state index contributed by atoms with van der Waals surface area (Å²) in [5, 5.41) is 15.4. The van der Waals surface area contributed by atoms with Gasteiger partial charge in [0.15, 0.2) is 0 Å². The molecule has 3 N–H and O–H groups in total. The average Bonchev–Trinajstić information content (AvgIpc) is 2.53. The fourth-order valence-corrected chi connectivity index (χ4v) is 2.14. The summed E-state index contributed by atoms with van der Waals surface area (Å²) in [5.41, 5.74) is 0.954. The van der Waals surface area contributed by atoms with Gasteiger partial charge in [-0.2, -0.15) is 0 Å². The van der Waals surface area contributed by atoms with Crippen LogP contribution < -0.4 is 10.6 Å². The van der Waals surface area contributed by atoms with Gasteiger partial charge in [-0.05, 0) is 37.1 Å².